The van der Waals surface area contributed by atoms with Crippen LogP contribution in [-0.4, -0.2) is 37.1 Å². The molecule has 27 heavy (non-hydrogen) atoms. The minimum absolute atomic E-state index is 0.245. The lowest BCUT2D eigenvalue weighted by molar-refractivity contribution is -0.137. The fourth-order valence-corrected chi connectivity index (χ4v) is 3.22. The van der Waals surface area contributed by atoms with Crippen molar-refractivity contribution in [2.75, 3.05) is 26.1 Å². The first-order chi connectivity index (χ1) is 12.8. The molecular weight excluding hydrogens is 382 g/mol. The van der Waals surface area contributed by atoms with Crippen molar-refractivity contribution in [2.45, 2.75) is 13.8 Å². The molecule has 3 rings (SSSR count). The molecule has 0 aliphatic carbocycles. The number of pyridine rings is 1. The molecule has 0 spiro atoms. The molecule has 0 aliphatic heterocycles. The maximum absolute atomic E-state index is 9.59. The van der Waals surface area contributed by atoms with Crippen LogP contribution in [0.2, 0.25) is 5.02 Å². The van der Waals surface area contributed by atoms with E-state index < -0.39 is 0 Å². The van der Waals surface area contributed by atoms with Gasteiger partial charge in [0.1, 0.15) is 10.8 Å². The van der Waals surface area contributed by atoms with Crippen LogP contribution < -0.4 is 4.90 Å². The van der Waals surface area contributed by atoms with Gasteiger partial charge in [-0.3, -0.25) is 4.79 Å². The maximum Gasteiger partial charge on any atom is 0.302 e. The van der Waals surface area contributed by atoms with Gasteiger partial charge in [-0.2, -0.15) is 0 Å². The molecule has 0 radical (unpaired) electrons. The quantitative estimate of drug-likeness (QED) is 0.571. The Morgan fingerprint density at radius 2 is 1.70 bits per heavy atom. The number of hydrogen-bond donors (Lipinski definition) is 0. The van der Waals surface area contributed by atoms with Crippen molar-refractivity contribution >= 4 is 34.7 Å². The SMILES string of the molecule is COC(C)=O.Cc1sc(-c2ccc(N(C)C)nc2)nc1-c1ccc(Cl)cc1. The van der Waals surface area contributed by atoms with Crippen molar-refractivity contribution in [3.05, 3.63) is 52.5 Å². The Kier molecular flexibility index (Phi) is 7.33. The summed E-state index contributed by atoms with van der Waals surface area (Å²) in [4.78, 5) is 22.0. The lowest BCUT2D eigenvalue weighted by Crippen LogP contribution is -2.09. The summed E-state index contributed by atoms with van der Waals surface area (Å²) in [6.45, 7) is 3.45. The number of nitrogens with zero attached hydrogens (tertiary/aromatic N) is 3. The zero-order valence-corrected chi connectivity index (χ0v) is 17.6. The molecule has 142 valence electrons. The Balaban J connectivity index is 0.000000465. The molecule has 0 unspecified atom stereocenters. The third-order valence-electron chi connectivity index (χ3n) is 3.65. The number of benzene rings is 1. The fourth-order valence-electron chi connectivity index (χ4n) is 2.17. The predicted molar refractivity (Wildman–Crippen MR) is 113 cm³/mol. The molecule has 0 bridgehead atoms. The number of ether oxygens (including phenoxy) is 1. The van der Waals surface area contributed by atoms with E-state index in [1.165, 1.54) is 18.9 Å². The molecular formula is C20H22ClN3O2S. The number of aromatic nitrogens is 2. The zero-order valence-electron chi connectivity index (χ0n) is 16.0. The molecule has 1 aromatic carbocycles. The summed E-state index contributed by atoms with van der Waals surface area (Å²) in [7, 11) is 5.31. The van der Waals surface area contributed by atoms with Gasteiger partial charge >= 0.3 is 5.97 Å². The third-order valence-corrected chi connectivity index (χ3v) is 4.93. The molecule has 0 atom stereocenters. The summed E-state index contributed by atoms with van der Waals surface area (Å²) in [5.74, 6) is 0.694. The second-order valence-corrected chi connectivity index (χ2v) is 7.57. The van der Waals surface area contributed by atoms with Crippen molar-refractivity contribution < 1.29 is 9.53 Å². The molecule has 0 fully saturated rings. The fraction of sp³-hybridized carbons (Fsp3) is 0.250. The van der Waals surface area contributed by atoms with Gasteiger partial charge in [0.05, 0.1) is 12.8 Å². The average Bonchev–Trinajstić information content (AvgIpc) is 3.04. The van der Waals surface area contributed by atoms with E-state index in [0.29, 0.717) is 0 Å². The van der Waals surface area contributed by atoms with E-state index in [9.17, 15) is 4.79 Å². The maximum atomic E-state index is 9.59. The van der Waals surface area contributed by atoms with Gasteiger partial charge in [0.2, 0.25) is 0 Å². The highest BCUT2D eigenvalue weighted by Gasteiger charge is 2.12. The number of rotatable bonds is 3. The van der Waals surface area contributed by atoms with Crippen LogP contribution in [0.3, 0.4) is 0 Å². The van der Waals surface area contributed by atoms with Gasteiger partial charge in [-0.1, -0.05) is 23.7 Å². The van der Waals surface area contributed by atoms with Crippen molar-refractivity contribution in [1.29, 1.82) is 0 Å². The van der Waals surface area contributed by atoms with Crippen molar-refractivity contribution in [2.24, 2.45) is 0 Å². The van der Waals surface area contributed by atoms with E-state index in [1.807, 2.05) is 55.5 Å². The number of esters is 1. The number of carbonyl (C=O) groups is 1. The molecule has 3 aromatic rings. The molecule has 7 heteroatoms. The van der Waals surface area contributed by atoms with Gasteiger partial charge in [0.25, 0.3) is 0 Å². The number of methoxy groups -OCH3 is 1. The first-order valence-corrected chi connectivity index (χ1v) is 9.43. The van der Waals surface area contributed by atoms with E-state index in [1.54, 1.807) is 11.3 Å². The van der Waals surface area contributed by atoms with Crippen LogP contribution in [0.5, 0.6) is 0 Å². The van der Waals surface area contributed by atoms with Crippen LogP contribution in [-0.2, 0) is 9.53 Å². The Morgan fingerprint density at radius 1 is 1.11 bits per heavy atom. The van der Waals surface area contributed by atoms with E-state index in [2.05, 4.69) is 22.7 Å². The lowest BCUT2D eigenvalue weighted by atomic mass is 10.1. The standard InChI is InChI=1S/C17H16ClN3S.C3H6O2/c1-11-16(12-4-7-14(18)8-5-12)20-17(22-11)13-6-9-15(19-10-13)21(2)3;1-3(4)5-2/h4-10H,1-3H3;1-2H3. The second-order valence-electron chi connectivity index (χ2n) is 5.93. The summed E-state index contributed by atoms with van der Waals surface area (Å²) >= 11 is 7.63. The largest absolute Gasteiger partial charge is 0.469 e. The van der Waals surface area contributed by atoms with E-state index >= 15 is 0 Å². The van der Waals surface area contributed by atoms with Gasteiger partial charge in [0.15, 0.2) is 0 Å². The highest BCUT2D eigenvalue weighted by molar-refractivity contribution is 7.15. The highest BCUT2D eigenvalue weighted by Crippen LogP contribution is 2.33. The van der Waals surface area contributed by atoms with Crippen LogP contribution in [0.4, 0.5) is 5.82 Å². The number of anilines is 1. The molecule has 0 saturated heterocycles. The lowest BCUT2D eigenvalue weighted by Gasteiger charge is -2.10. The molecule has 0 amide bonds. The molecule has 0 saturated carbocycles. The Morgan fingerprint density at radius 3 is 2.19 bits per heavy atom. The first kappa shape index (κ1) is 20.9. The average molecular weight is 404 g/mol. The summed E-state index contributed by atoms with van der Waals surface area (Å²) in [6, 6.07) is 11.9. The van der Waals surface area contributed by atoms with Gasteiger partial charge in [-0.05, 0) is 31.2 Å². The van der Waals surface area contributed by atoms with Crippen LogP contribution in [0.1, 0.15) is 11.8 Å². The summed E-state index contributed by atoms with van der Waals surface area (Å²) in [6.07, 6.45) is 1.87. The summed E-state index contributed by atoms with van der Waals surface area (Å²) in [5, 5.41) is 1.72. The predicted octanol–water partition coefficient (Wildman–Crippen LogP) is 5.08. The van der Waals surface area contributed by atoms with Crippen LogP contribution in [0, 0.1) is 6.92 Å². The van der Waals surface area contributed by atoms with Crippen molar-refractivity contribution in [3.63, 3.8) is 0 Å². The molecule has 0 aliphatic rings. The third kappa shape index (κ3) is 5.77. The molecule has 2 aromatic heterocycles. The van der Waals surface area contributed by atoms with Crippen molar-refractivity contribution in [3.8, 4) is 21.8 Å². The van der Waals surface area contributed by atoms with Gasteiger partial charge < -0.3 is 9.64 Å². The topological polar surface area (TPSA) is 55.3 Å². The summed E-state index contributed by atoms with van der Waals surface area (Å²) < 4.78 is 4.11. The normalized spacial score (nSPS) is 10.0. The summed E-state index contributed by atoms with van der Waals surface area (Å²) in [5.41, 5.74) is 3.13. The molecule has 5 nitrogen and oxygen atoms in total. The smallest absolute Gasteiger partial charge is 0.302 e. The minimum atomic E-state index is -0.245. The Hall–Kier alpha value is -2.44. The Labute approximate surface area is 168 Å². The first-order valence-electron chi connectivity index (χ1n) is 8.23. The number of halogens is 1. The minimum Gasteiger partial charge on any atom is -0.469 e. The van der Waals surface area contributed by atoms with Crippen LogP contribution in [0.25, 0.3) is 21.8 Å². The van der Waals surface area contributed by atoms with E-state index in [-0.39, 0.29) is 5.97 Å². The highest BCUT2D eigenvalue weighted by atomic mass is 35.5. The van der Waals surface area contributed by atoms with E-state index in [4.69, 9.17) is 16.6 Å². The van der Waals surface area contributed by atoms with Gasteiger partial charge in [0, 0.05) is 48.2 Å². The number of thiazole rings is 1. The van der Waals surface area contributed by atoms with Gasteiger partial charge in [-0.25, -0.2) is 9.97 Å². The van der Waals surface area contributed by atoms with Crippen molar-refractivity contribution in [1.82, 2.24) is 9.97 Å². The number of aryl methyl sites for hydroxylation is 1. The van der Waals surface area contributed by atoms with Gasteiger partial charge in [-0.15, -0.1) is 11.3 Å². The second kappa shape index (κ2) is 9.48. The number of hydrogen-bond acceptors (Lipinski definition) is 6. The van der Waals surface area contributed by atoms with E-state index in [0.717, 1.165) is 32.7 Å². The number of carbonyl (C=O) groups excluding carboxylic acids is 1. The molecule has 0 N–H and O–H groups in total. The monoisotopic (exact) mass is 403 g/mol. The van der Waals surface area contributed by atoms with Crippen LogP contribution in [0.15, 0.2) is 42.6 Å². The van der Waals surface area contributed by atoms with Crippen LogP contribution >= 0.6 is 22.9 Å². The zero-order chi connectivity index (χ0) is 20.0. The molecule has 2 heterocycles. The Bertz CT molecular complexity index is 891.